The van der Waals surface area contributed by atoms with Gasteiger partial charge in [-0.25, -0.2) is 0 Å². The first-order valence-electron chi connectivity index (χ1n) is 14.9. The lowest BCUT2D eigenvalue weighted by Gasteiger charge is -2.42. The van der Waals surface area contributed by atoms with Crippen LogP contribution in [0.25, 0.3) is 0 Å². The smallest absolute Gasteiger partial charge is 0.235 e. The maximum absolute atomic E-state index is 13.7. The van der Waals surface area contributed by atoms with Crippen molar-refractivity contribution in [1.82, 2.24) is 9.80 Å². The number of ether oxygens (including phenoxy) is 1. The number of nitrogens with zero attached hydrogens (tertiary/aromatic N) is 2. The highest BCUT2D eigenvalue weighted by Gasteiger charge is 2.45. The summed E-state index contributed by atoms with van der Waals surface area (Å²) in [6, 6.07) is 20.9. The van der Waals surface area contributed by atoms with Crippen molar-refractivity contribution in [3.8, 4) is 0 Å². The van der Waals surface area contributed by atoms with Gasteiger partial charge in [-0.2, -0.15) is 0 Å². The molecule has 6 heteroatoms. The maximum atomic E-state index is 13.7. The highest BCUT2D eigenvalue weighted by Crippen LogP contribution is 2.41. The van der Waals surface area contributed by atoms with Gasteiger partial charge in [0.15, 0.2) is 0 Å². The van der Waals surface area contributed by atoms with Crippen LogP contribution >= 0.6 is 12.4 Å². The van der Waals surface area contributed by atoms with Crippen LogP contribution in [0.4, 0.5) is 0 Å². The Morgan fingerprint density at radius 1 is 0.846 bits per heavy atom. The lowest BCUT2D eigenvalue weighted by atomic mass is 9.71. The standard InChI is InChI=1S/C33H46N2O3.ClH/c1-3-5-20-33(21-6-4-2)22-17-30(36)35(32(33)37)26-25-34-23-18-29(19-24-34)38-31(27-13-9-7-10-14-27)28-15-11-8-12-16-28;/h7-16,29,31H,3-6,17-26H2,1-2H3;1H. The molecule has 2 aromatic rings. The van der Waals surface area contributed by atoms with Gasteiger partial charge in [-0.15, -0.1) is 12.4 Å². The van der Waals surface area contributed by atoms with Crippen molar-refractivity contribution in [3.63, 3.8) is 0 Å². The molecule has 2 heterocycles. The lowest BCUT2D eigenvalue weighted by Crippen LogP contribution is -2.54. The molecule has 214 valence electrons. The first-order chi connectivity index (χ1) is 18.6. The average Bonchev–Trinajstić information content (AvgIpc) is 2.97. The second-order valence-corrected chi connectivity index (χ2v) is 11.2. The molecule has 2 aromatic carbocycles. The minimum Gasteiger partial charge on any atom is -0.365 e. The van der Waals surface area contributed by atoms with Crippen molar-refractivity contribution in [3.05, 3.63) is 71.8 Å². The van der Waals surface area contributed by atoms with Crippen molar-refractivity contribution in [1.29, 1.82) is 0 Å². The van der Waals surface area contributed by atoms with Gasteiger partial charge in [0.05, 0.1) is 11.5 Å². The molecular weight excluding hydrogens is 508 g/mol. The van der Waals surface area contributed by atoms with Crippen molar-refractivity contribution in [2.45, 2.75) is 90.3 Å². The van der Waals surface area contributed by atoms with Crippen molar-refractivity contribution < 1.29 is 14.3 Å². The number of piperidine rings is 2. The summed E-state index contributed by atoms with van der Waals surface area (Å²) < 4.78 is 6.70. The van der Waals surface area contributed by atoms with E-state index in [9.17, 15) is 9.59 Å². The second kappa shape index (κ2) is 15.5. The molecule has 4 rings (SSSR count). The molecule has 2 fully saturated rings. The Morgan fingerprint density at radius 2 is 1.38 bits per heavy atom. The molecule has 0 aliphatic carbocycles. The number of carbonyl (C=O) groups excluding carboxylic acids is 2. The third-order valence-corrected chi connectivity index (χ3v) is 8.54. The Bertz CT molecular complexity index is 961. The summed E-state index contributed by atoms with van der Waals surface area (Å²) in [7, 11) is 0. The van der Waals surface area contributed by atoms with Gasteiger partial charge in [0.1, 0.15) is 6.10 Å². The Kier molecular flexibility index (Phi) is 12.5. The predicted octanol–water partition coefficient (Wildman–Crippen LogP) is 7.19. The van der Waals surface area contributed by atoms with Crippen LogP contribution in [0.5, 0.6) is 0 Å². The van der Waals surface area contributed by atoms with E-state index in [1.54, 1.807) is 4.90 Å². The van der Waals surface area contributed by atoms with Crippen LogP contribution in [0.1, 0.15) is 95.3 Å². The SMILES string of the molecule is CCCCC1(CCCC)CCC(=O)N(CCN2CCC(OC(c3ccccc3)c3ccccc3)CC2)C1=O.Cl. The fraction of sp³-hybridized carbons (Fsp3) is 0.576. The summed E-state index contributed by atoms with van der Waals surface area (Å²) in [5.74, 6) is 0.118. The molecule has 0 N–H and O–H groups in total. The average molecular weight is 555 g/mol. The molecule has 0 atom stereocenters. The number of unbranched alkanes of at least 4 members (excludes halogenated alkanes) is 2. The van der Waals surface area contributed by atoms with Crippen LogP contribution in [0.3, 0.4) is 0 Å². The zero-order chi connectivity index (χ0) is 26.8. The molecule has 0 radical (unpaired) electrons. The van der Waals surface area contributed by atoms with E-state index >= 15 is 0 Å². The van der Waals surface area contributed by atoms with Crippen molar-refractivity contribution in [2.75, 3.05) is 26.2 Å². The van der Waals surface area contributed by atoms with E-state index in [1.165, 1.54) is 11.1 Å². The Morgan fingerprint density at radius 3 is 1.90 bits per heavy atom. The van der Waals surface area contributed by atoms with Gasteiger partial charge in [0, 0.05) is 32.6 Å². The minimum absolute atomic E-state index is 0. The molecule has 2 aliphatic rings. The quantitative estimate of drug-likeness (QED) is 0.246. The monoisotopic (exact) mass is 554 g/mol. The summed E-state index contributed by atoms with van der Waals surface area (Å²) in [6.45, 7) is 7.47. The molecule has 2 saturated heterocycles. The topological polar surface area (TPSA) is 49.9 Å². The fourth-order valence-electron chi connectivity index (χ4n) is 6.14. The Hall–Kier alpha value is -2.21. The zero-order valence-corrected chi connectivity index (χ0v) is 24.7. The van der Waals surface area contributed by atoms with Crippen LogP contribution in [0, 0.1) is 5.41 Å². The molecular formula is C33H47ClN2O3. The molecule has 0 unspecified atom stereocenters. The molecule has 0 bridgehead atoms. The molecule has 0 saturated carbocycles. The first-order valence-corrected chi connectivity index (χ1v) is 14.9. The number of amides is 2. The van der Waals surface area contributed by atoms with Crippen molar-refractivity contribution >= 4 is 24.2 Å². The van der Waals surface area contributed by atoms with Gasteiger partial charge in [-0.05, 0) is 43.2 Å². The number of halogens is 1. The highest BCUT2D eigenvalue weighted by molar-refractivity contribution is 6.00. The minimum atomic E-state index is -0.329. The summed E-state index contributed by atoms with van der Waals surface area (Å²) in [6.07, 6.45) is 9.37. The van der Waals surface area contributed by atoms with Gasteiger partial charge in [-0.3, -0.25) is 14.5 Å². The number of carbonyl (C=O) groups is 2. The number of hydrogen-bond acceptors (Lipinski definition) is 4. The number of imide groups is 1. The fourth-order valence-corrected chi connectivity index (χ4v) is 6.14. The lowest BCUT2D eigenvalue weighted by molar-refractivity contribution is -0.159. The van der Waals surface area contributed by atoms with E-state index in [4.69, 9.17) is 4.74 Å². The third-order valence-electron chi connectivity index (χ3n) is 8.54. The van der Waals surface area contributed by atoms with Crippen molar-refractivity contribution in [2.24, 2.45) is 5.41 Å². The molecule has 0 spiro atoms. The number of hydrogen-bond donors (Lipinski definition) is 0. The molecule has 2 amide bonds. The molecule has 5 nitrogen and oxygen atoms in total. The van der Waals surface area contributed by atoms with Crippen LogP contribution in [-0.2, 0) is 14.3 Å². The summed E-state index contributed by atoms with van der Waals surface area (Å²) in [5, 5.41) is 0. The van der Waals surface area contributed by atoms with Gasteiger partial charge >= 0.3 is 0 Å². The zero-order valence-electron chi connectivity index (χ0n) is 23.9. The molecule has 39 heavy (non-hydrogen) atoms. The third kappa shape index (κ3) is 8.15. The van der Waals surface area contributed by atoms with E-state index in [2.05, 4.69) is 67.3 Å². The van der Waals surface area contributed by atoms with E-state index in [0.717, 1.165) is 77.4 Å². The summed E-state index contributed by atoms with van der Waals surface area (Å²) >= 11 is 0. The van der Waals surface area contributed by atoms with Gasteiger partial charge in [-0.1, -0.05) is 100 Å². The number of rotatable bonds is 13. The van der Waals surface area contributed by atoms with Gasteiger partial charge in [0.25, 0.3) is 0 Å². The molecule has 0 aromatic heterocycles. The van der Waals surface area contributed by atoms with E-state index < -0.39 is 0 Å². The Labute approximate surface area is 241 Å². The van der Waals surface area contributed by atoms with Gasteiger partial charge < -0.3 is 9.64 Å². The van der Waals surface area contributed by atoms with Crippen LogP contribution < -0.4 is 0 Å². The van der Waals surface area contributed by atoms with Gasteiger partial charge in [0.2, 0.25) is 11.8 Å². The first kappa shape index (κ1) is 31.3. The number of benzene rings is 2. The summed E-state index contributed by atoms with van der Waals surface area (Å²) in [4.78, 5) is 30.5. The predicted molar refractivity (Wildman–Crippen MR) is 160 cm³/mol. The van der Waals surface area contributed by atoms with Crippen LogP contribution in [-0.4, -0.2) is 53.9 Å². The highest BCUT2D eigenvalue weighted by atomic mass is 35.5. The van der Waals surface area contributed by atoms with E-state index in [-0.39, 0.29) is 41.8 Å². The normalized spacial score (nSPS) is 18.4. The Balaban J connectivity index is 0.00000420. The van der Waals surface area contributed by atoms with Crippen LogP contribution in [0.15, 0.2) is 60.7 Å². The second-order valence-electron chi connectivity index (χ2n) is 11.2. The largest absolute Gasteiger partial charge is 0.365 e. The summed E-state index contributed by atoms with van der Waals surface area (Å²) in [5.41, 5.74) is 2.03. The number of likely N-dealkylation sites (tertiary alicyclic amines) is 2. The maximum Gasteiger partial charge on any atom is 0.235 e. The molecule has 2 aliphatic heterocycles. The van der Waals surface area contributed by atoms with E-state index in [1.807, 2.05) is 12.1 Å². The van der Waals surface area contributed by atoms with Crippen LogP contribution in [0.2, 0.25) is 0 Å². The van der Waals surface area contributed by atoms with E-state index in [0.29, 0.717) is 13.0 Å².